The number of rotatable bonds is 5. The molecular weight excluding hydrogens is 204 g/mol. The lowest BCUT2D eigenvalue weighted by molar-refractivity contribution is 0.527. The van der Waals surface area contributed by atoms with E-state index in [1.807, 2.05) is 0 Å². The van der Waals surface area contributed by atoms with Crippen molar-refractivity contribution in [1.29, 1.82) is 0 Å². The molecule has 0 aromatic heterocycles. The number of hydrogen-bond donors (Lipinski definition) is 0. The van der Waals surface area contributed by atoms with Crippen LogP contribution >= 0.6 is 0 Å². The van der Waals surface area contributed by atoms with Crippen LogP contribution in [-0.4, -0.2) is 0 Å². The minimum absolute atomic E-state index is 0.639. The van der Waals surface area contributed by atoms with Crippen LogP contribution in [0.4, 0.5) is 0 Å². The molecule has 0 heterocycles. The predicted octanol–water partition coefficient (Wildman–Crippen LogP) is 4.31. The molecule has 1 radical (unpaired) electrons. The molecule has 2 aromatic rings. The summed E-state index contributed by atoms with van der Waals surface area (Å²) in [4.78, 5) is 0. The van der Waals surface area contributed by atoms with Crippen LogP contribution in [0.1, 0.15) is 17.5 Å². The van der Waals surface area contributed by atoms with Gasteiger partial charge in [0.2, 0.25) is 0 Å². The fourth-order valence-corrected chi connectivity index (χ4v) is 2.17. The average molecular weight is 223 g/mol. The van der Waals surface area contributed by atoms with Gasteiger partial charge in [0.25, 0.3) is 0 Å². The van der Waals surface area contributed by atoms with Crippen molar-refractivity contribution in [3.8, 4) is 0 Å². The third-order valence-electron chi connectivity index (χ3n) is 3.14. The summed E-state index contributed by atoms with van der Waals surface area (Å²) in [5, 5.41) is 0. The highest BCUT2D eigenvalue weighted by molar-refractivity contribution is 5.18. The molecule has 0 spiro atoms. The van der Waals surface area contributed by atoms with E-state index in [2.05, 4.69) is 67.6 Å². The lowest BCUT2D eigenvalue weighted by Crippen LogP contribution is -2.07. The first-order valence-corrected chi connectivity index (χ1v) is 6.25. The molecule has 0 heteroatoms. The van der Waals surface area contributed by atoms with Gasteiger partial charge in [-0.3, -0.25) is 0 Å². The summed E-state index contributed by atoms with van der Waals surface area (Å²) in [5.41, 5.74) is 2.83. The first-order chi connectivity index (χ1) is 8.38. The van der Waals surface area contributed by atoms with Crippen molar-refractivity contribution in [3.63, 3.8) is 0 Å². The second-order valence-electron chi connectivity index (χ2n) is 4.53. The summed E-state index contributed by atoms with van der Waals surface area (Å²) in [6, 6.07) is 21.4. The fourth-order valence-electron chi connectivity index (χ4n) is 2.17. The molecule has 0 nitrogen and oxygen atoms in total. The van der Waals surface area contributed by atoms with E-state index in [-0.39, 0.29) is 0 Å². The second kappa shape index (κ2) is 6.24. The number of hydrogen-bond acceptors (Lipinski definition) is 0. The normalized spacial score (nSPS) is 10.7. The van der Waals surface area contributed by atoms with Crippen molar-refractivity contribution >= 4 is 0 Å². The lowest BCUT2D eigenvalue weighted by atomic mass is 9.91. The standard InChI is InChI=1S/C17H19/c1-2-15(13-16-9-5-3-6-10-16)14-17-11-7-4-8-12-17/h3-12,15H,1-2,13-14H2. The van der Waals surface area contributed by atoms with Crippen molar-refractivity contribution in [2.45, 2.75) is 19.3 Å². The first-order valence-electron chi connectivity index (χ1n) is 6.25. The van der Waals surface area contributed by atoms with Gasteiger partial charge in [0.15, 0.2) is 0 Å². The molecular formula is C17H19. The average Bonchev–Trinajstić information content (AvgIpc) is 2.40. The van der Waals surface area contributed by atoms with E-state index in [1.165, 1.54) is 11.1 Å². The van der Waals surface area contributed by atoms with Crippen molar-refractivity contribution in [2.75, 3.05) is 0 Å². The third-order valence-corrected chi connectivity index (χ3v) is 3.14. The fraction of sp³-hybridized carbons (Fsp3) is 0.235. The summed E-state index contributed by atoms with van der Waals surface area (Å²) in [6.07, 6.45) is 3.24. The Hall–Kier alpha value is -1.56. The van der Waals surface area contributed by atoms with Crippen LogP contribution in [-0.2, 0) is 12.8 Å². The van der Waals surface area contributed by atoms with Crippen LogP contribution in [0.15, 0.2) is 60.7 Å². The Morgan fingerprint density at radius 1 is 0.706 bits per heavy atom. The van der Waals surface area contributed by atoms with Crippen LogP contribution in [0.25, 0.3) is 0 Å². The molecule has 0 atom stereocenters. The topological polar surface area (TPSA) is 0 Å². The van der Waals surface area contributed by atoms with Gasteiger partial charge in [-0.1, -0.05) is 67.6 Å². The summed E-state index contributed by atoms with van der Waals surface area (Å²) in [6.45, 7) is 4.08. The highest BCUT2D eigenvalue weighted by atomic mass is 14.1. The monoisotopic (exact) mass is 223 g/mol. The molecule has 0 aliphatic heterocycles. The Morgan fingerprint density at radius 3 is 1.47 bits per heavy atom. The summed E-state index contributed by atoms with van der Waals surface area (Å²) in [5.74, 6) is 0.639. The molecule has 0 amide bonds. The van der Waals surface area contributed by atoms with Gasteiger partial charge in [-0.25, -0.2) is 0 Å². The Kier molecular flexibility index (Phi) is 4.37. The summed E-state index contributed by atoms with van der Waals surface area (Å²) < 4.78 is 0. The highest BCUT2D eigenvalue weighted by Gasteiger charge is 2.08. The van der Waals surface area contributed by atoms with Gasteiger partial charge >= 0.3 is 0 Å². The molecule has 87 valence electrons. The van der Waals surface area contributed by atoms with Gasteiger partial charge in [0, 0.05) is 0 Å². The zero-order valence-electron chi connectivity index (χ0n) is 10.2. The molecule has 0 saturated heterocycles. The molecule has 2 rings (SSSR count). The van der Waals surface area contributed by atoms with Crippen molar-refractivity contribution in [2.24, 2.45) is 5.92 Å². The quantitative estimate of drug-likeness (QED) is 0.708. The van der Waals surface area contributed by atoms with E-state index in [0.29, 0.717) is 5.92 Å². The molecule has 0 N–H and O–H groups in total. The van der Waals surface area contributed by atoms with Gasteiger partial charge in [0.05, 0.1) is 0 Å². The maximum atomic E-state index is 4.08. The van der Waals surface area contributed by atoms with Gasteiger partial charge in [-0.15, -0.1) is 0 Å². The predicted molar refractivity (Wildman–Crippen MR) is 73.8 cm³/mol. The lowest BCUT2D eigenvalue weighted by Gasteiger charge is -2.14. The van der Waals surface area contributed by atoms with Crippen LogP contribution in [0.3, 0.4) is 0 Å². The molecule has 0 fully saturated rings. The van der Waals surface area contributed by atoms with Crippen molar-refractivity contribution in [1.82, 2.24) is 0 Å². The smallest absolute Gasteiger partial charge is 0.0247 e. The largest absolute Gasteiger partial charge is 0.0622 e. The Morgan fingerprint density at radius 2 is 1.12 bits per heavy atom. The Labute approximate surface area is 104 Å². The van der Waals surface area contributed by atoms with Gasteiger partial charge in [-0.2, -0.15) is 0 Å². The third kappa shape index (κ3) is 3.74. The molecule has 0 aliphatic carbocycles. The van der Waals surface area contributed by atoms with E-state index in [9.17, 15) is 0 Å². The molecule has 0 saturated carbocycles. The molecule has 0 unspecified atom stereocenters. The van der Waals surface area contributed by atoms with Gasteiger partial charge in [0.1, 0.15) is 0 Å². The van der Waals surface area contributed by atoms with Crippen LogP contribution in [0, 0.1) is 12.8 Å². The van der Waals surface area contributed by atoms with E-state index < -0.39 is 0 Å². The molecule has 17 heavy (non-hydrogen) atoms. The zero-order valence-corrected chi connectivity index (χ0v) is 10.2. The van der Waals surface area contributed by atoms with Gasteiger partial charge in [-0.05, 0) is 36.3 Å². The SMILES string of the molecule is [CH2]CC(Cc1ccccc1)Cc1ccccc1. The minimum atomic E-state index is 0.639. The first kappa shape index (κ1) is 11.9. The Balaban J connectivity index is 1.98. The molecule has 2 aromatic carbocycles. The van der Waals surface area contributed by atoms with E-state index in [4.69, 9.17) is 0 Å². The molecule has 0 aliphatic rings. The van der Waals surface area contributed by atoms with E-state index in [1.54, 1.807) is 0 Å². The second-order valence-corrected chi connectivity index (χ2v) is 4.53. The summed E-state index contributed by atoms with van der Waals surface area (Å²) in [7, 11) is 0. The van der Waals surface area contributed by atoms with Crippen LogP contribution in [0.2, 0.25) is 0 Å². The van der Waals surface area contributed by atoms with Crippen molar-refractivity contribution < 1.29 is 0 Å². The van der Waals surface area contributed by atoms with Crippen molar-refractivity contribution in [3.05, 3.63) is 78.7 Å². The van der Waals surface area contributed by atoms with E-state index in [0.717, 1.165) is 19.3 Å². The van der Waals surface area contributed by atoms with Crippen LogP contribution in [0.5, 0.6) is 0 Å². The maximum absolute atomic E-state index is 4.08. The van der Waals surface area contributed by atoms with Gasteiger partial charge < -0.3 is 0 Å². The zero-order chi connectivity index (χ0) is 11.9. The highest BCUT2D eigenvalue weighted by Crippen LogP contribution is 2.17. The minimum Gasteiger partial charge on any atom is -0.0622 e. The molecule has 0 bridgehead atoms. The maximum Gasteiger partial charge on any atom is -0.0247 e. The van der Waals surface area contributed by atoms with Crippen LogP contribution < -0.4 is 0 Å². The number of benzene rings is 2. The summed E-state index contributed by atoms with van der Waals surface area (Å²) >= 11 is 0. The van der Waals surface area contributed by atoms with E-state index >= 15 is 0 Å². The Bertz CT molecular complexity index is 375.